The Morgan fingerprint density at radius 1 is 1.47 bits per heavy atom. The maximum absolute atomic E-state index is 13.3. The van der Waals surface area contributed by atoms with Gasteiger partial charge in [0.1, 0.15) is 11.8 Å². The standard InChI is InChI=1S/C22H27N3O5/c1-13-6-9-25(10-7-13)22(14(2)29-3)18(21(27)28)19(26)17(30-22)11-15-12-24-20-16(15)5-4-8-23-20/h4-5,8,11-14,18H,6-7,9-10H2,1-3H3,(H,23,24)(H,27,28)/b17-11-. The number of fused-ring (bicyclic) bond motifs is 1. The number of aromatic amines is 1. The number of ketones is 1. The van der Waals surface area contributed by atoms with E-state index >= 15 is 0 Å². The van der Waals surface area contributed by atoms with Gasteiger partial charge in [0, 0.05) is 43.5 Å². The van der Waals surface area contributed by atoms with Crippen LogP contribution in [0.3, 0.4) is 0 Å². The number of nitrogens with one attached hydrogen (secondary N) is 1. The number of hydrogen-bond acceptors (Lipinski definition) is 6. The average molecular weight is 413 g/mol. The minimum atomic E-state index is -1.38. The maximum Gasteiger partial charge on any atom is 0.320 e. The second-order valence-electron chi connectivity index (χ2n) is 8.19. The molecule has 4 rings (SSSR count). The van der Waals surface area contributed by atoms with Gasteiger partial charge in [-0.3, -0.25) is 14.5 Å². The van der Waals surface area contributed by atoms with E-state index in [2.05, 4.69) is 16.9 Å². The van der Waals surface area contributed by atoms with Crippen LogP contribution in [0.1, 0.15) is 32.3 Å². The molecule has 2 aromatic rings. The normalized spacial score (nSPS) is 28.2. The van der Waals surface area contributed by atoms with Crippen molar-refractivity contribution in [1.29, 1.82) is 0 Å². The van der Waals surface area contributed by atoms with Crippen LogP contribution in [0.15, 0.2) is 30.3 Å². The number of likely N-dealkylation sites (tertiary alicyclic amines) is 1. The first-order valence-corrected chi connectivity index (χ1v) is 10.3. The zero-order valence-corrected chi connectivity index (χ0v) is 17.4. The van der Waals surface area contributed by atoms with Crippen molar-refractivity contribution in [2.24, 2.45) is 11.8 Å². The lowest BCUT2D eigenvalue weighted by Crippen LogP contribution is -2.64. The lowest BCUT2D eigenvalue weighted by molar-refractivity contribution is -0.210. The fourth-order valence-electron chi connectivity index (χ4n) is 4.59. The van der Waals surface area contributed by atoms with Gasteiger partial charge < -0.3 is 19.6 Å². The van der Waals surface area contributed by atoms with Crippen molar-refractivity contribution in [2.75, 3.05) is 20.2 Å². The Morgan fingerprint density at radius 3 is 2.87 bits per heavy atom. The molecular weight excluding hydrogens is 386 g/mol. The zero-order chi connectivity index (χ0) is 21.5. The van der Waals surface area contributed by atoms with Crippen LogP contribution >= 0.6 is 0 Å². The molecule has 2 saturated heterocycles. The number of nitrogens with zero attached hydrogens (tertiary/aromatic N) is 2. The van der Waals surface area contributed by atoms with E-state index in [-0.39, 0.29) is 5.76 Å². The molecule has 0 aliphatic carbocycles. The summed E-state index contributed by atoms with van der Waals surface area (Å²) in [6, 6.07) is 3.69. The van der Waals surface area contributed by atoms with Gasteiger partial charge in [-0.2, -0.15) is 0 Å². The highest BCUT2D eigenvalue weighted by molar-refractivity contribution is 6.12. The van der Waals surface area contributed by atoms with Gasteiger partial charge in [-0.15, -0.1) is 0 Å². The van der Waals surface area contributed by atoms with E-state index in [4.69, 9.17) is 9.47 Å². The van der Waals surface area contributed by atoms with E-state index < -0.39 is 29.5 Å². The van der Waals surface area contributed by atoms with Gasteiger partial charge in [0.25, 0.3) is 0 Å². The molecule has 2 N–H and O–H groups in total. The lowest BCUT2D eigenvalue weighted by atomic mass is 9.85. The number of pyridine rings is 1. The van der Waals surface area contributed by atoms with Gasteiger partial charge in [0.15, 0.2) is 11.7 Å². The molecule has 0 amide bonds. The highest BCUT2D eigenvalue weighted by Gasteiger charge is 2.63. The predicted molar refractivity (Wildman–Crippen MR) is 110 cm³/mol. The lowest BCUT2D eigenvalue weighted by Gasteiger charge is -2.47. The molecule has 3 atom stereocenters. The van der Waals surface area contributed by atoms with E-state index in [1.165, 1.54) is 7.11 Å². The predicted octanol–water partition coefficient (Wildman–Crippen LogP) is 2.67. The second kappa shape index (κ2) is 7.85. The first-order valence-electron chi connectivity index (χ1n) is 10.3. The van der Waals surface area contributed by atoms with Gasteiger partial charge in [-0.05, 0) is 43.9 Å². The maximum atomic E-state index is 13.3. The van der Waals surface area contributed by atoms with E-state index in [0.717, 1.165) is 23.8 Å². The molecule has 0 radical (unpaired) electrons. The molecule has 4 heterocycles. The zero-order valence-electron chi connectivity index (χ0n) is 17.4. The summed E-state index contributed by atoms with van der Waals surface area (Å²) >= 11 is 0. The summed E-state index contributed by atoms with van der Waals surface area (Å²) in [6.07, 6.45) is 6.22. The number of carboxylic acids is 1. The van der Waals surface area contributed by atoms with Gasteiger partial charge >= 0.3 is 5.97 Å². The molecule has 2 aliphatic rings. The molecule has 2 aromatic heterocycles. The Labute approximate surface area is 174 Å². The van der Waals surface area contributed by atoms with Gasteiger partial charge in [0.2, 0.25) is 11.5 Å². The van der Waals surface area contributed by atoms with Crippen LogP contribution in [0.25, 0.3) is 17.1 Å². The molecular formula is C22H27N3O5. The summed E-state index contributed by atoms with van der Waals surface area (Å²) in [5, 5.41) is 10.9. The first-order chi connectivity index (χ1) is 14.4. The van der Waals surface area contributed by atoms with E-state index in [0.29, 0.717) is 24.7 Å². The van der Waals surface area contributed by atoms with Crippen molar-refractivity contribution in [1.82, 2.24) is 14.9 Å². The second-order valence-corrected chi connectivity index (χ2v) is 8.19. The summed E-state index contributed by atoms with van der Waals surface area (Å²) in [5.74, 6) is -2.52. The Hall–Kier alpha value is -2.71. The van der Waals surface area contributed by atoms with Gasteiger partial charge in [0.05, 0.1) is 0 Å². The summed E-state index contributed by atoms with van der Waals surface area (Å²) in [6.45, 7) is 5.24. The molecule has 2 fully saturated rings. The third-order valence-corrected chi connectivity index (χ3v) is 6.42. The molecule has 8 nitrogen and oxygen atoms in total. The Balaban J connectivity index is 1.80. The van der Waals surface area contributed by atoms with Crippen LogP contribution in [-0.4, -0.2) is 63.8 Å². The molecule has 2 aliphatic heterocycles. The summed E-state index contributed by atoms with van der Waals surface area (Å²) in [4.78, 5) is 34.9. The first kappa shape index (κ1) is 20.6. The number of Topliss-reactive ketones (excluding diaryl/α,β-unsaturated/α-hetero) is 1. The van der Waals surface area contributed by atoms with Crippen molar-refractivity contribution in [3.63, 3.8) is 0 Å². The molecule has 0 bridgehead atoms. The number of hydrogen-bond donors (Lipinski definition) is 2. The van der Waals surface area contributed by atoms with Gasteiger partial charge in [-0.25, -0.2) is 4.98 Å². The third kappa shape index (κ3) is 3.20. The van der Waals surface area contributed by atoms with Crippen LogP contribution in [0.4, 0.5) is 0 Å². The molecule has 8 heteroatoms. The number of H-pyrrole nitrogens is 1. The summed E-state index contributed by atoms with van der Waals surface area (Å²) in [7, 11) is 1.51. The Kier molecular flexibility index (Phi) is 5.38. The van der Waals surface area contributed by atoms with Crippen molar-refractivity contribution < 1.29 is 24.2 Å². The number of methoxy groups -OCH3 is 1. The summed E-state index contributed by atoms with van der Waals surface area (Å²) < 4.78 is 11.9. The number of ether oxygens (including phenoxy) is 2. The molecule has 0 spiro atoms. The van der Waals surface area contributed by atoms with E-state index in [1.54, 1.807) is 25.4 Å². The minimum absolute atomic E-state index is 0.0367. The minimum Gasteiger partial charge on any atom is -0.481 e. The highest BCUT2D eigenvalue weighted by Crippen LogP contribution is 2.44. The number of aromatic nitrogens is 2. The van der Waals surface area contributed by atoms with Crippen molar-refractivity contribution in [3.8, 4) is 0 Å². The number of aliphatic carboxylic acids is 1. The van der Waals surface area contributed by atoms with Crippen LogP contribution in [0.2, 0.25) is 0 Å². The molecule has 160 valence electrons. The Bertz CT molecular complexity index is 992. The monoisotopic (exact) mass is 413 g/mol. The van der Waals surface area contributed by atoms with E-state index in [9.17, 15) is 14.7 Å². The number of carbonyl (C=O) groups is 2. The van der Waals surface area contributed by atoms with Crippen LogP contribution < -0.4 is 0 Å². The Morgan fingerprint density at radius 2 is 2.20 bits per heavy atom. The molecule has 0 saturated carbocycles. The summed E-state index contributed by atoms with van der Waals surface area (Å²) in [5.41, 5.74) is 0.0263. The number of allylic oxidation sites excluding steroid dienone is 1. The highest BCUT2D eigenvalue weighted by atomic mass is 16.6. The van der Waals surface area contributed by atoms with Crippen LogP contribution in [-0.2, 0) is 19.1 Å². The third-order valence-electron chi connectivity index (χ3n) is 6.42. The largest absolute Gasteiger partial charge is 0.481 e. The van der Waals surface area contributed by atoms with Crippen LogP contribution in [0, 0.1) is 11.8 Å². The quantitative estimate of drug-likeness (QED) is 0.573. The van der Waals surface area contributed by atoms with Gasteiger partial charge in [-0.1, -0.05) is 6.92 Å². The topological polar surface area (TPSA) is 105 Å². The van der Waals surface area contributed by atoms with Crippen molar-refractivity contribution >= 4 is 28.9 Å². The fourth-order valence-corrected chi connectivity index (χ4v) is 4.59. The molecule has 3 unspecified atom stereocenters. The fraction of sp³-hybridized carbons (Fsp3) is 0.500. The number of carboxylic acid groups (broad SMARTS) is 1. The van der Waals surface area contributed by atoms with Crippen molar-refractivity contribution in [2.45, 2.75) is 38.5 Å². The van der Waals surface area contributed by atoms with E-state index in [1.807, 2.05) is 17.0 Å². The smallest absolute Gasteiger partial charge is 0.320 e. The molecule has 30 heavy (non-hydrogen) atoms. The SMILES string of the molecule is COC(C)C1(N2CCC(C)CC2)O/C(=C\c2c[nH]c3ncccc23)C(=O)C1C(=O)O. The average Bonchev–Trinajstić information content (AvgIpc) is 3.28. The van der Waals surface area contributed by atoms with Crippen LogP contribution in [0.5, 0.6) is 0 Å². The number of rotatable bonds is 5. The molecule has 0 aromatic carbocycles. The number of carbonyl (C=O) groups excluding carboxylic acids is 1. The van der Waals surface area contributed by atoms with Crippen molar-refractivity contribution in [3.05, 3.63) is 35.8 Å². The number of piperidine rings is 1.